The van der Waals surface area contributed by atoms with E-state index in [1.165, 1.54) is 4.90 Å². The van der Waals surface area contributed by atoms with Crippen LogP contribution in [0.1, 0.15) is 12.8 Å². The van der Waals surface area contributed by atoms with Crippen molar-refractivity contribution in [1.29, 1.82) is 0 Å². The molecule has 1 saturated heterocycles. The molecule has 3 rings (SSSR count). The van der Waals surface area contributed by atoms with Crippen LogP contribution in [0.3, 0.4) is 0 Å². The van der Waals surface area contributed by atoms with Crippen molar-refractivity contribution in [1.82, 2.24) is 10.2 Å². The van der Waals surface area contributed by atoms with E-state index in [2.05, 4.69) is 15.5 Å². The Hall–Kier alpha value is -1.99. The van der Waals surface area contributed by atoms with E-state index in [0.29, 0.717) is 24.3 Å². The first-order chi connectivity index (χ1) is 12.5. The van der Waals surface area contributed by atoms with Gasteiger partial charge in [0.05, 0.1) is 42.7 Å². The fraction of sp³-hybridized carbons (Fsp3) is 0.556. The van der Waals surface area contributed by atoms with E-state index in [-0.39, 0.29) is 24.9 Å². The Kier molecular flexibility index (Phi) is 6.21. The first-order valence-corrected chi connectivity index (χ1v) is 9.31. The van der Waals surface area contributed by atoms with E-state index >= 15 is 0 Å². The van der Waals surface area contributed by atoms with E-state index in [1.54, 1.807) is 7.05 Å². The molecular weight excluding hydrogens is 356 g/mol. The number of morpholine rings is 1. The largest absolute Gasteiger partial charge is 0.378 e. The molecule has 1 aromatic carbocycles. The number of hydrogen-bond donors (Lipinski definition) is 2. The fourth-order valence-electron chi connectivity index (χ4n) is 2.88. The predicted molar refractivity (Wildman–Crippen MR) is 102 cm³/mol. The Bertz CT molecular complexity index is 660. The summed E-state index contributed by atoms with van der Waals surface area (Å²) in [6, 6.07) is 5.90. The fourth-order valence-corrected chi connectivity index (χ4v) is 3.17. The maximum atomic E-state index is 12.3. The quantitative estimate of drug-likeness (QED) is 0.746. The van der Waals surface area contributed by atoms with Crippen LogP contribution in [0.2, 0.25) is 5.02 Å². The molecule has 1 aliphatic heterocycles. The van der Waals surface area contributed by atoms with E-state index in [0.717, 1.165) is 37.3 Å². The molecule has 2 N–H and O–H groups in total. The molecule has 1 heterocycles. The number of rotatable bonds is 7. The highest BCUT2D eigenvalue weighted by Crippen LogP contribution is 2.34. The Morgan fingerprint density at radius 3 is 2.73 bits per heavy atom. The molecule has 1 saturated carbocycles. The van der Waals surface area contributed by atoms with Crippen LogP contribution in [0.15, 0.2) is 18.2 Å². The van der Waals surface area contributed by atoms with Gasteiger partial charge in [-0.3, -0.25) is 9.59 Å². The van der Waals surface area contributed by atoms with Gasteiger partial charge < -0.3 is 25.2 Å². The van der Waals surface area contributed by atoms with Crippen molar-refractivity contribution in [3.63, 3.8) is 0 Å². The minimum absolute atomic E-state index is 0.0723. The Morgan fingerprint density at radius 1 is 1.31 bits per heavy atom. The number of carbonyl (C=O) groups is 2. The minimum Gasteiger partial charge on any atom is -0.378 e. The zero-order chi connectivity index (χ0) is 18.5. The predicted octanol–water partition coefficient (Wildman–Crippen LogP) is 1.33. The average Bonchev–Trinajstić information content (AvgIpc) is 3.44. The second-order valence-corrected chi connectivity index (χ2v) is 7.09. The van der Waals surface area contributed by atoms with E-state index < -0.39 is 0 Å². The van der Waals surface area contributed by atoms with Gasteiger partial charge in [0, 0.05) is 26.2 Å². The van der Waals surface area contributed by atoms with Gasteiger partial charge in [0.1, 0.15) is 0 Å². The van der Waals surface area contributed by atoms with Crippen LogP contribution in [0.25, 0.3) is 0 Å². The molecule has 26 heavy (non-hydrogen) atoms. The molecule has 0 aromatic heterocycles. The number of hydrogen-bond acceptors (Lipinski definition) is 5. The summed E-state index contributed by atoms with van der Waals surface area (Å²) in [7, 11) is 1.64. The Balaban J connectivity index is 1.57. The topological polar surface area (TPSA) is 73.9 Å². The minimum atomic E-state index is -0.149. The summed E-state index contributed by atoms with van der Waals surface area (Å²) < 4.78 is 5.40. The lowest BCUT2D eigenvalue weighted by Gasteiger charge is -2.31. The third-order valence-electron chi connectivity index (χ3n) is 4.49. The molecule has 8 heteroatoms. The highest BCUT2D eigenvalue weighted by Gasteiger charge is 2.24. The van der Waals surface area contributed by atoms with Crippen LogP contribution < -0.4 is 15.5 Å². The normalized spacial score (nSPS) is 16.9. The van der Waals surface area contributed by atoms with Crippen LogP contribution in [0.5, 0.6) is 0 Å². The van der Waals surface area contributed by atoms with Crippen molar-refractivity contribution in [2.75, 3.05) is 56.7 Å². The van der Waals surface area contributed by atoms with Gasteiger partial charge in [-0.05, 0) is 25.0 Å². The number of anilines is 2. The number of ether oxygens (including phenoxy) is 1. The summed E-state index contributed by atoms with van der Waals surface area (Å²) >= 11 is 6.39. The summed E-state index contributed by atoms with van der Waals surface area (Å²) in [6.45, 7) is 3.00. The summed E-state index contributed by atoms with van der Waals surface area (Å²) in [5.41, 5.74) is 1.70. The van der Waals surface area contributed by atoms with E-state index in [4.69, 9.17) is 16.3 Å². The molecule has 142 valence electrons. The van der Waals surface area contributed by atoms with E-state index in [9.17, 15) is 9.59 Å². The molecule has 2 amide bonds. The summed E-state index contributed by atoms with van der Waals surface area (Å²) in [5.74, 6) is -0.260. The van der Waals surface area contributed by atoms with Crippen LogP contribution in [-0.4, -0.2) is 69.2 Å². The molecular formula is C18H25ClN4O3. The van der Waals surface area contributed by atoms with Crippen molar-refractivity contribution in [2.24, 2.45) is 0 Å². The van der Waals surface area contributed by atoms with Crippen molar-refractivity contribution in [3.05, 3.63) is 23.2 Å². The first-order valence-electron chi connectivity index (χ1n) is 8.93. The van der Waals surface area contributed by atoms with Gasteiger partial charge in [0.2, 0.25) is 11.8 Å². The molecule has 2 aliphatic rings. The van der Waals surface area contributed by atoms with Crippen molar-refractivity contribution in [3.8, 4) is 0 Å². The van der Waals surface area contributed by atoms with Gasteiger partial charge >= 0.3 is 0 Å². The molecule has 2 fully saturated rings. The van der Waals surface area contributed by atoms with Crippen molar-refractivity contribution >= 4 is 34.8 Å². The smallest absolute Gasteiger partial charge is 0.242 e. The zero-order valence-corrected chi connectivity index (χ0v) is 15.7. The number of halogens is 1. The number of likely N-dealkylation sites (N-methyl/N-ethyl adjacent to an activating group) is 1. The molecule has 0 spiro atoms. The maximum absolute atomic E-state index is 12.3. The molecule has 0 bridgehead atoms. The number of nitrogens with zero attached hydrogens (tertiary/aromatic N) is 2. The molecule has 1 aliphatic carbocycles. The second-order valence-electron chi connectivity index (χ2n) is 6.68. The van der Waals surface area contributed by atoms with Gasteiger partial charge in [0.15, 0.2) is 0 Å². The van der Waals surface area contributed by atoms with Crippen LogP contribution in [-0.2, 0) is 14.3 Å². The average molecular weight is 381 g/mol. The maximum Gasteiger partial charge on any atom is 0.242 e. The molecule has 0 radical (unpaired) electrons. The highest BCUT2D eigenvalue weighted by molar-refractivity contribution is 6.34. The highest BCUT2D eigenvalue weighted by atomic mass is 35.5. The number of benzene rings is 1. The molecule has 7 nitrogen and oxygen atoms in total. The summed E-state index contributed by atoms with van der Waals surface area (Å²) in [6.07, 6.45) is 2.06. The zero-order valence-electron chi connectivity index (χ0n) is 15.0. The third-order valence-corrected chi connectivity index (χ3v) is 4.80. The van der Waals surface area contributed by atoms with Crippen molar-refractivity contribution in [2.45, 2.75) is 18.9 Å². The van der Waals surface area contributed by atoms with Gasteiger partial charge in [-0.2, -0.15) is 0 Å². The van der Waals surface area contributed by atoms with Crippen LogP contribution >= 0.6 is 11.6 Å². The van der Waals surface area contributed by atoms with Crippen LogP contribution in [0.4, 0.5) is 11.4 Å². The molecule has 0 atom stereocenters. The summed E-state index contributed by atoms with van der Waals surface area (Å²) in [5, 5.41) is 6.69. The second kappa shape index (κ2) is 8.60. The lowest BCUT2D eigenvalue weighted by atomic mass is 10.2. The lowest BCUT2D eigenvalue weighted by Crippen LogP contribution is -2.41. The molecule has 0 unspecified atom stereocenters. The van der Waals surface area contributed by atoms with Gasteiger partial charge in [0.25, 0.3) is 0 Å². The van der Waals surface area contributed by atoms with Gasteiger partial charge in [-0.1, -0.05) is 17.7 Å². The number of para-hydroxylation sites is 1. The third kappa shape index (κ3) is 5.02. The summed E-state index contributed by atoms with van der Waals surface area (Å²) in [4.78, 5) is 27.8. The Labute approximate surface area is 158 Å². The van der Waals surface area contributed by atoms with E-state index in [1.807, 2.05) is 18.2 Å². The standard InChI is InChI=1S/C18H25ClN4O3/c1-22(12-16(24)21-13-5-6-13)17(25)11-20-15-4-2-3-14(19)18(15)23-7-9-26-10-8-23/h2-4,13,20H,5-12H2,1H3,(H,21,24). The SMILES string of the molecule is CN(CC(=O)NC1CC1)C(=O)CNc1cccc(Cl)c1N1CCOCC1. The molecule has 1 aromatic rings. The van der Waals surface area contributed by atoms with Gasteiger partial charge in [-0.15, -0.1) is 0 Å². The lowest BCUT2D eigenvalue weighted by molar-refractivity contribution is -0.133. The number of carbonyl (C=O) groups excluding carboxylic acids is 2. The van der Waals surface area contributed by atoms with Crippen LogP contribution in [0, 0.1) is 0 Å². The van der Waals surface area contributed by atoms with Gasteiger partial charge in [-0.25, -0.2) is 0 Å². The first kappa shape index (κ1) is 18.8. The Morgan fingerprint density at radius 2 is 2.04 bits per heavy atom. The monoisotopic (exact) mass is 380 g/mol. The number of amides is 2. The number of nitrogens with one attached hydrogen (secondary N) is 2. The van der Waals surface area contributed by atoms with Crippen molar-refractivity contribution < 1.29 is 14.3 Å².